The van der Waals surface area contributed by atoms with Crippen molar-refractivity contribution in [2.75, 3.05) is 6.54 Å². The Balaban J connectivity index is 2.18. The summed E-state index contributed by atoms with van der Waals surface area (Å²) in [6.07, 6.45) is 1.80. The van der Waals surface area contributed by atoms with Crippen molar-refractivity contribution in [3.8, 4) is 0 Å². The fourth-order valence-electron chi connectivity index (χ4n) is 1.99. The highest BCUT2D eigenvalue weighted by Crippen LogP contribution is 2.22. The van der Waals surface area contributed by atoms with Gasteiger partial charge in [0.15, 0.2) is 11.6 Å². The topological polar surface area (TPSA) is 12.0 Å². The molecule has 1 N–H and O–H groups in total. The van der Waals surface area contributed by atoms with Crippen LogP contribution in [-0.2, 0) is 6.42 Å². The summed E-state index contributed by atoms with van der Waals surface area (Å²) in [5.74, 6) is -1.58. The first-order valence-electron chi connectivity index (χ1n) is 6.41. The third-order valence-electron chi connectivity index (χ3n) is 2.97. The first-order valence-corrected chi connectivity index (χ1v) is 7.29. The number of thiophene rings is 1. The monoisotopic (exact) mass is 281 g/mol. The number of halogens is 2. The van der Waals surface area contributed by atoms with Gasteiger partial charge in [-0.2, -0.15) is 0 Å². The highest BCUT2D eigenvalue weighted by molar-refractivity contribution is 7.09. The van der Waals surface area contributed by atoms with Crippen LogP contribution >= 0.6 is 11.3 Å². The second-order valence-electron chi connectivity index (χ2n) is 4.46. The maximum absolute atomic E-state index is 13.3. The standard InChI is InChI=1S/C15H17F2NS/c1-2-7-18-15(10-12-4-3-8-19-12)11-5-6-13(16)14(17)9-11/h3-6,8-9,15,18H,2,7,10H2,1H3. The predicted molar refractivity (Wildman–Crippen MR) is 75.4 cm³/mol. The Bertz CT molecular complexity index is 511. The van der Waals surface area contributed by atoms with E-state index in [-0.39, 0.29) is 6.04 Å². The normalized spacial score (nSPS) is 12.6. The van der Waals surface area contributed by atoms with Gasteiger partial charge in [-0.25, -0.2) is 8.78 Å². The molecule has 2 aromatic rings. The molecule has 1 atom stereocenters. The van der Waals surface area contributed by atoms with Crippen LogP contribution in [0.3, 0.4) is 0 Å². The van der Waals surface area contributed by atoms with E-state index in [1.807, 2.05) is 11.4 Å². The average molecular weight is 281 g/mol. The lowest BCUT2D eigenvalue weighted by Crippen LogP contribution is -2.24. The van der Waals surface area contributed by atoms with E-state index in [4.69, 9.17) is 0 Å². The molecular weight excluding hydrogens is 264 g/mol. The summed E-state index contributed by atoms with van der Waals surface area (Å²) < 4.78 is 26.3. The molecule has 1 unspecified atom stereocenters. The van der Waals surface area contributed by atoms with Crippen molar-refractivity contribution < 1.29 is 8.78 Å². The SMILES string of the molecule is CCCNC(Cc1cccs1)c1ccc(F)c(F)c1. The molecule has 0 fully saturated rings. The first-order chi connectivity index (χ1) is 9.20. The number of hydrogen-bond acceptors (Lipinski definition) is 2. The summed E-state index contributed by atoms with van der Waals surface area (Å²) in [5.41, 5.74) is 0.792. The molecule has 0 aliphatic rings. The zero-order valence-corrected chi connectivity index (χ0v) is 11.6. The fraction of sp³-hybridized carbons (Fsp3) is 0.333. The van der Waals surface area contributed by atoms with Crippen LogP contribution in [0.15, 0.2) is 35.7 Å². The number of rotatable bonds is 6. The van der Waals surface area contributed by atoms with Crippen LogP contribution in [0, 0.1) is 11.6 Å². The minimum absolute atomic E-state index is 0.0219. The molecule has 0 aliphatic carbocycles. The van der Waals surface area contributed by atoms with E-state index in [0.717, 1.165) is 24.9 Å². The summed E-state index contributed by atoms with van der Waals surface area (Å²) in [4.78, 5) is 1.23. The lowest BCUT2D eigenvalue weighted by Gasteiger charge is -2.18. The second-order valence-corrected chi connectivity index (χ2v) is 5.50. The maximum Gasteiger partial charge on any atom is 0.159 e. The van der Waals surface area contributed by atoms with Crippen molar-refractivity contribution in [3.63, 3.8) is 0 Å². The van der Waals surface area contributed by atoms with Crippen molar-refractivity contribution in [3.05, 3.63) is 57.8 Å². The zero-order valence-electron chi connectivity index (χ0n) is 10.8. The molecule has 0 spiro atoms. The van der Waals surface area contributed by atoms with Crippen molar-refractivity contribution in [2.45, 2.75) is 25.8 Å². The average Bonchev–Trinajstić information content (AvgIpc) is 2.91. The second kappa shape index (κ2) is 6.78. The minimum atomic E-state index is -0.797. The van der Waals surface area contributed by atoms with Gasteiger partial charge in [0.1, 0.15) is 0 Å². The minimum Gasteiger partial charge on any atom is -0.310 e. The van der Waals surface area contributed by atoms with Gasteiger partial charge in [0, 0.05) is 17.3 Å². The van der Waals surface area contributed by atoms with Gasteiger partial charge in [-0.3, -0.25) is 0 Å². The van der Waals surface area contributed by atoms with Crippen LogP contribution in [0.25, 0.3) is 0 Å². The van der Waals surface area contributed by atoms with Gasteiger partial charge in [-0.1, -0.05) is 19.1 Å². The fourth-order valence-corrected chi connectivity index (χ4v) is 2.74. The molecule has 19 heavy (non-hydrogen) atoms. The highest BCUT2D eigenvalue weighted by Gasteiger charge is 2.14. The predicted octanol–water partition coefficient (Wildman–Crippen LogP) is 4.31. The summed E-state index contributed by atoms with van der Waals surface area (Å²) in [6.45, 7) is 2.94. The Kier molecular flexibility index (Phi) is 5.05. The molecule has 1 nitrogen and oxygen atoms in total. The molecule has 102 valence electrons. The Morgan fingerprint density at radius 2 is 2.05 bits per heavy atom. The summed E-state index contributed by atoms with van der Waals surface area (Å²) in [6, 6.07) is 8.22. The van der Waals surface area contributed by atoms with E-state index in [1.165, 1.54) is 17.0 Å². The van der Waals surface area contributed by atoms with E-state index < -0.39 is 11.6 Å². The van der Waals surface area contributed by atoms with E-state index in [1.54, 1.807) is 17.4 Å². The Labute approximate surface area is 116 Å². The van der Waals surface area contributed by atoms with Crippen LogP contribution in [-0.4, -0.2) is 6.54 Å². The van der Waals surface area contributed by atoms with Gasteiger partial charge in [-0.15, -0.1) is 11.3 Å². The van der Waals surface area contributed by atoms with Gasteiger partial charge < -0.3 is 5.32 Å². The highest BCUT2D eigenvalue weighted by atomic mass is 32.1. The van der Waals surface area contributed by atoms with Gasteiger partial charge >= 0.3 is 0 Å². The van der Waals surface area contributed by atoms with Crippen LogP contribution in [0.4, 0.5) is 8.78 Å². The van der Waals surface area contributed by atoms with Crippen molar-refractivity contribution in [2.24, 2.45) is 0 Å². The van der Waals surface area contributed by atoms with Crippen LogP contribution in [0.1, 0.15) is 29.8 Å². The number of benzene rings is 1. The van der Waals surface area contributed by atoms with Gasteiger partial charge in [0.05, 0.1) is 0 Å². The smallest absolute Gasteiger partial charge is 0.159 e. The molecule has 0 radical (unpaired) electrons. The van der Waals surface area contributed by atoms with Crippen molar-refractivity contribution in [1.29, 1.82) is 0 Å². The molecule has 0 amide bonds. The summed E-state index contributed by atoms with van der Waals surface area (Å²) >= 11 is 1.68. The molecule has 1 aromatic heterocycles. The first kappa shape index (κ1) is 14.2. The van der Waals surface area contributed by atoms with E-state index >= 15 is 0 Å². The molecule has 0 aliphatic heterocycles. The third kappa shape index (κ3) is 3.85. The van der Waals surface area contributed by atoms with E-state index in [2.05, 4.69) is 18.3 Å². The van der Waals surface area contributed by atoms with E-state index in [0.29, 0.717) is 0 Å². The molecule has 0 saturated heterocycles. The van der Waals surface area contributed by atoms with Crippen LogP contribution in [0.2, 0.25) is 0 Å². The molecule has 2 rings (SSSR count). The molecular formula is C15H17F2NS. The quantitative estimate of drug-likeness (QED) is 0.832. The lowest BCUT2D eigenvalue weighted by atomic mass is 10.0. The molecule has 0 bridgehead atoms. The molecule has 4 heteroatoms. The van der Waals surface area contributed by atoms with Crippen molar-refractivity contribution in [1.82, 2.24) is 5.32 Å². The zero-order chi connectivity index (χ0) is 13.7. The van der Waals surface area contributed by atoms with Crippen LogP contribution in [0.5, 0.6) is 0 Å². The third-order valence-corrected chi connectivity index (χ3v) is 3.87. The van der Waals surface area contributed by atoms with E-state index in [9.17, 15) is 8.78 Å². The molecule has 1 aromatic carbocycles. The van der Waals surface area contributed by atoms with Gasteiger partial charge in [0.25, 0.3) is 0 Å². The molecule has 1 heterocycles. The summed E-state index contributed by atoms with van der Waals surface area (Å²) in [5, 5.41) is 5.41. The summed E-state index contributed by atoms with van der Waals surface area (Å²) in [7, 11) is 0. The lowest BCUT2D eigenvalue weighted by molar-refractivity contribution is 0.494. The van der Waals surface area contributed by atoms with Crippen molar-refractivity contribution >= 4 is 11.3 Å². The Morgan fingerprint density at radius 3 is 2.68 bits per heavy atom. The number of nitrogens with one attached hydrogen (secondary N) is 1. The maximum atomic E-state index is 13.3. The Hall–Kier alpha value is -1.26. The van der Waals surface area contributed by atoms with Crippen LogP contribution < -0.4 is 5.32 Å². The molecule has 0 saturated carbocycles. The number of hydrogen-bond donors (Lipinski definition) is 1. The Morgan fingerprint density at radius 1 is 1.21 bits per heavy atom. The van der Waals surface area contributed by atoms with Gasteiger partial charge in [-0.05, 0) is 42.1 Å². The largest absolute Gasteiger partial charge is 0.310 e. The van der Waals surface area contributed by atoms with Gasteiger partial charge in [0.2, 0.25) is 0 Å².